The molecule has 0 unspecified atom stereocenters. The van der Waals surface area contributed by atoms with Crippen LogP contribution in [0.25, 0.3) is 0 Å². The first-order valence-corrected chi connectivity index (χ1v) is 9.91. The molecule has 0 aromatic heterocycles. The van der Waals surface area contributed by atoms with Crippen molar-refractivity contribution in [3.63, 3.8) is 0 Å². The molecule has 1 amide bonds. The number of carbonyl (C=O) groups excluding carboxylic acids is 3. The van der Waals surface area contributed by atoms with E-state index in [-0.39, 0.29) is 21.8 Å². The van der Waals surface area contributed by atoms with Crippen LogP contribution in [0.2, 0.25) is 0 Å². The van der Waals surface area contributed by atoms with Gasteiger partial charge in [-0.25, -0.2) is 4.79 Å². The van der Waals surface area contributed by atoms with Crippen LogP contribution in [-0.4, -0.2) is 49.2 Å². The van der Waals surface area contributed by atoms with Crippen LogP contribution in [0.3, 0.4) is 0 Å². The van der Waals surface area contributed by atoms with Gasteiger partial charge < -0.3 is 9.47 Å². The van der Waals surface area contributed by atoms with Crippen LogP contribution >= 0.6 is 39.5 Å². The smallest absolute Gasteiger partial charge is 0.331 e. The molecule has 1 heterocycles. The number of ether oxygens (including phenoxy) is 2. The number of nitrogens with zero attached hydrogens (tertiary/aromatic N) is 2. The van der Waals surface area contributed by atoms with Gasteiger partial charge >= 0.3 is 11.9 Å². The zero-order chi connectivity index (χ0) is 19.8. The van der Waals surface area contributed by atoms with Crippen molar-refractivity contribution in [2.24, 2.45) is 10.2 Å². The largest absolute Gasteiger partial charge is 0.468 e. The van der Waals surface area contributed by atoms with Crippen molar-refractivity contribution in [3.8, 4) is 0 Å². The summed E-state index contributed by atoms with van der Waals surface area (Å²) < 4.78 is 9.98. The van der Waals surface area contributed by atoms with Gasteiger partial charge in [0.05, 0.1) is 31.1 Å². The Hall–Kier alpha value is -2.11. The van der Waals surface area contributed by atoms with E-state index in [1.807, 2.05) is 18.2 Å². The zero-order valence-corrected chi connectivity index (χ0v) is 17.4. The van der Waals surface area contributed by atoms with Crippen molar-refractivity contribution in [3.05, 3.63) is 39.2 Å². The van der Waals surface area contributed by atoms with Crippen LogP contribution in [0.1, 0.15) is 5.56 Å². The fourth-order valence-corrected chi connectivity index (χ4v) is 3.86. The van der Waals surface area contributed by atoms with Gasteiger partial charge in [0.15, 0.2) is 5.17 Å². The van der Waals surface area contributed by atoms with Gasteiger partial charge in [-0.3, -0.25) is 14.9 Å². The fourth-order valence-electron chi connectivity index (χ4n) is 1.72. The van der Waals surface area contributed by atoms with Crippen molar-refractivity contribution in [2.45, 2.75) is 4.90 Å². The standard InChI is InChI=1S/C16H14BrN3O5S2/c1-24-13(21)6-12-15(23)19-16(27-12)20-18-7-9-3-4-10(17)5-11(9)26-8-14(22)25-2/h3-7H,8H2,1-2H3,(H,19,20,23)/b12-6+,18-7?. The second-order valence-electron chi connectivity index (χ2n) is 4.78. The van der Waals surface area contributed by atoms with Crippen molar-refractivity contribution >= 4 is 68.7 Å². The van der Waals surface area contributed by atoms with Crippen LogP contribution in [-0.2, 0) is 23.9 Å². The minimum Gasteiger partial charge on any atom is -0.468 e. The first kappa shape index (κ1) is 21.2. The summed E-state index contributed by atoms with van der Waals surface area (Å²) in [6.45, 7) is 0. The molecule has 11 heteroatoms. The number of hydrogen-bond acceptors (Lipinski definition) is 9. The number of thioether (sulfide) groups is 2. The van der Waals surface area contributed by atoms with E-state index in [4.69, 9.17) is 0 Å². The van der Waals surface area contributed by atoms with E-state index in [9.17, 15) is 14.4 Å². The minimum absolute atomic E-state index is 0.163. The third kappa shape index (κ3) is 6.52. The lowest BCUT2D eigenvalue weighted by Gasteiger charge is -2.05. The van der Waals surface area contributed by atoms with Gasteiger partial charge in [-0.05, 0) is 23.9 Å². The maximum Gasteiger partial charge on any atom is 0.331 e. The van der Waals surface area contributed by atoms with E-state index in [1.165, 1.54) is 32.2 Å². The van der Waals surface area contributed by atoms with E-state index in [0.717, 1.165) is 32.8 Å². The van der Waals surface area contributed by atoms with E-state index in [1.54, 1.807) is 0 Å². The Morgan fingerprint density at radius 3 is 2.81 bits per heavy atom. The van der Waals surface area contributed by atoms with Crippen molar-refractivity contribution < 1.29 is 23.9 Å². The molecule has 1 saturated heterocycles. The highest BCUT2D eigenvalue weighted by atomic mass is 79.9. The summed E-state index contributed by atoms with van der Waals surface area (Å²) in [6, 6.07) is 5.50. The predicted octanol–water partition coefficient (Wildman–Crippen LogP) is 2.32. The van der Waals surface area contributed by atoms with Gasteiger partial charge in [-0.2, -0.15) is 5.10 Å². The van der Waals surface area contributed by atoms with Gasteiger partial charge in [0.1, 0.15) is 0 Å². The highest BCUT2D eigenvalue weighted by molar-refractivity contribution is 9.10. The topological polar surface area (TPSA) is 106 Å². The normalized spacial score (nSPS) is 16.8. The van der Waals surface area contributed by atoms with Crippen molar-refractivity contribution in [2.75, 3.05) is 20.0 Å². The maximum atomic E-state index is 11.7. The number of benzene rings is 1. The Morgan fingerprint density at radius 1 is 1.33 bits per heavy atom. The summed E-state index contributed by atoms with van der Waals surface area (Å²) in [5.41, 5.74) is 0.746. The number of halogens is 1. The van der Waals surface area contributed by atoms with Crippen LogP contribution < -0.4 is 5.32 Å². The number of methoxy groups -OCH3 is 2. The molecule has 0 aliphatic carbocycles. The summed E-state index contributed by atoms with van der Waals surface area (Å²) in [6.07, 6.45) is 2.59. The van der Waals surface area contributed by atoms with E-state index in [2.05, 4.69) is 40.9 Å². The molecule has 2 rings (SSSR count). The molecule has 0 saturated carbocycles. The number of amidine groups is 1. The minimum atomic E-state index is -0.625. The molecule has 1 aromatic carbocycles. The van der Waals surface area contributed by atoms with Crippen LogP contribution in [0.5, 0.6) is 0 Å². The molecular formula is C16H14BrN3O5S2. The molecule has 1 aliphatic rings. The Labute approximate surface area is 172 Å². The predicted molar refractivity (Wildman–Crippen MR) is 108 cm³/mol. The third-order valence-electron chi connectivity index (χ3n) is 3.00. The molecule has 1 fully saturated rings. The Balaban J connectivity index is 2.11. The first-order chi connectivity index (χ1) is 12.9. The summed E-state index contributed by atoms with van der Waals surface area (Å²) >= 11 is 5.68. The van der Waals surface area contributed by atoms with Gasteiger partial charge in [0.25, 0.3) is 5.91 Å². The molecule has 1 aliphatic heterocycles. The number of rotatable bonds is 6. The second kappa shape index (κ2) is 10.3. The summed E-state index contributed by atoms with van der Waals surface area (Å²) in [4.78, 5) is 35.3. The molecule has 0 bridgehead atoms. The number of esters is 2. The zero-order valence-electron chi connectivity index (χ0n) is 14.2. The average molecular weight is 472 g/mol. The molecule has 8 nitrogen and oxygen atoms in total. The molecule has 142 valence electrons. The highest BCUT2D eigenvalue weighted by Gasteiger charge is 2.25. The second-order valence-corrected chi connectivity index (χ2v) is 7.75. The highest BCUT2D eigenvalue weighted by Crippen LogP contribution is 2.26. The Kier molecular flexibility index (Phi) is 8.07. The lowest BCUT2D eigenvalue weighted by molar-refractivity contribution is -0.137. The summed E-state index contributed by atoms with van der Waals surface area (Å²) in [5, 5.41) is 10.7. The van der Waals surface area contributed by atoms with Crippen LogP contribution in [0.15, 0.2) is 48.8 Å². The summed E-state index contributed by atoms with van der Waals surface area (Å²) in [7, 11) is 2.56. The van der Waals surface area contributed by atoms with Gasteiger partial charge in [-0.15, -0.1) is 16.9 Å². The van der Waals surface area contributed by atoms with E-state index in [0.29, 0.717) is 0 Å². The quantitative estimate of drug-likeness (QED) is 0.223. The monoisotopic (exact) mass is 471 g/mol. The lowest BCUT2D eigenvalue weighted by Crippen LogP contribution is -2.19. The third-order valence-corrected chi connectivity index (χ3v) is 5.43. The van der Waals surface area contributed by atoms with E-state index < -0.39 is 11.9 Å². The van der Waals surface area contributed by atoms with Gasteiger partial charge in [0, 0.05) is 21.0 Å². The number of nitrogens with one attached hydrogen (secondary N) is 1. The summed E-state index contributed by atoms with van der Waals surface area (Å²) in [5.74, 6) is -1.24. The van der Waals surface area contributed by atoms with Crippen LogP contribution in [0, 0.1) is 0 Å². The molecule has 1 aromatic rings. The number of hydrogen-bond donors (Lipinski definition) is 1. The Morgan fingerprint density at radius 2 is 2.11 bits per heavy atom. The molecule has 0 atom stereocenters. The maximum absolute atomic E-state index is 11.7. The van der Waals surface area contributed by atoms with E-state index >= 15 is 0 Å². The van der Waals surface area contributed by atoms with Crippen molar-refractivity contribution in [1.29, 1.82) is 0 Å². The molecule has 0 radical (unpaired) electrons. The fraction of sp³-hybridized carbons (Fsp3) is 0.188. The molecule has 1 N–H and O–H groups in total. The van der Waals surface area contributed by atoms with Gasteiger partial charge in [-0.1, -0.05) is 22.0 Å². The SMILES string of the molecule is COC(=O)/C=C1/S/C(=N\N=Cc2ccc(Br)cc2SCC(=O)OC)NC1=O. The van der Waals surface area contributed by atoms with Crippen molar-refractivity contribution in [1.82, 2.24) is 5.32 Å². The lowest BCUT2D eigenvalue weighted by atomic mass is 10.2. The first-order valence-electron chi connectivity index (χ1n) is 7.32. The molecular weight excluding hydrogens is 458 g/mol. The van der Waals surface area contributed by atoms with Gasteiger partial charge in [0.2, 0.25) is 0 Å². The number of carbonyl (C=O) groups is 3. The molecule has 27 heavy (non-hydrogen) atoms. The Bertz CT molecular complexity index is 854. The van der Waals surface area contributed by atoms with Crippen LogP contribution in [0.4, 0.5) is 0 Å². The average Bonchev–Trinajstić information content (AvgIpc) is 3.00. The number of amides is 1. The molecule has 0 spiro atoms.